The number of piperazine rings is 1. The molecular formula is C30H40N4O3. The molecule has 5 rings (SSSR count). The fourth-order valence-corrected chi connectivity index (χ4v) is 5.94. The quantitative estimate of drug-likeness (QED) is 0.581. The van der Waals surface area contributed by atoms with Gasteiger partial charge in [0.25, 0.3) is 0 Å². The van der Waals surface area contributed by atoms with Crippen LogP contribution in [0.5, 0.6) is 0 Å². The highest BCUT2D eigenvalue weighted by Gasteiger charge is 2.47. The number of rotatable bonds is 4. The molecule has 2 aromatic carbocycles. The summed E-state index contributed by atoms with van der Waals surface area (Å²) in [5.41, 5.74) is 3.91. The predicted octanol–water partition coefficient (Wildman–Crippen LogP) is 5.68. The van der Waals surface area contributed by atoms with Crippen molar-refractivity contribution in [1.29, 1.82) is 0 Å². The first kappa shape index (κ1) is 25.4. The Bertz CT molecular complexity index is 1130. The van der Waals surface area contributed by atoms with Crippen molar-refractivity contribution in [3.63, 3.8) is 0 Å². The number of nitrogens with one attached hydrogen (secondary N) is 1. The van der Waals surface area contributed by atoms with Crippen molar-refractivity contribution in [1.82, 2.24) is 4.90 Å². The summed E-state index contributed by atoms with van der Waals surface area (Å²) in [6, 6.07) is 17.2. The Hall–Kier alpha value is -3.22. The highest BCUT2D eigenvalue weighted by Crippen LogP contribution is 2.50. The largest absolute Gasteiger partial charge is 0.444 e. The van der Waals surface area contributed by atoms with Crippen molar-refractivity contribution in [3.8, 4) is 0 Å². The van der Waals surface area contributed by atoms with Gasteiger partial charge in [0, 0.05) is 67.7 Å². The summed E-state index contributed by atoms with van der Waals surface area (Å²) in [5.74, 6) is 0.943. The van der Waals surface area contributed by atoms with Gasteiger partial charge in [-0.25, -0.2) is 4.79 Å². The van der Waals surface area contributed by atoms with E-state index in [4.69, 9.17) is 4.74 Å². The van der Waals surface area contributed by atoms with Crippen LogP contribution in [0.15, 0.2) is 48.5 Å². The number of benzene rings is 2. The standard InChI is InChI=1S/C30H40N4O3/c1-20-27(31-23-9-7-6-8-10-23)25-19-24(13-14-26(25)34(21(2)35)28(20)22-11-12-22)32-15-17-33(18-16-32)29(36)37-30(3,4)5/h6-10,13-14,19-20,22,27-28,31H,11-12,15-18H2,1-5H3/t20-,27?,28-/m1/s1. The molecule has 0 radical (unpaired) electrons. The lowest BCUT2D eigenvalue weighted by molar-refractivity contribution is -0.117. The summed E-state index contributed by atoms with van der Waals surface area (Å²) in [5, 5.41) is 3.81. The summed E-state index contributed by atoms with van der Waals surface area (Å²) in [7, 11) is 0. The highest BCUT2D eigenvalue weighted by molar-refractivity contribution is 5.94. The number of hydrogen-bond donors (Lipinski definition) is 1. The first-order valence-electron chi connectivity index (χ1n) is 13.6. The molecule has 3 atom stereocenters. The number of anilines is 3. The zero-order chi connectivity index (χ0) is 26.3. The number of nitrogens with zero attached hydrogens (tertiary/aromatic N) is 3. The fraction of sp³-hybridized carbons (Fsp3) is 0.533. The lowest BCUT2D eigenvalue weighted by Crippen LogP contribution is -2.51. The van der Waals surface area contributed by atoms with Gasteiger partial charge >= 0.3 is 6.09 Å². The molecule has 2 fully saturated rings. The van der Waals surface area contributed by atoms with Gasteiger partial charge < -0.3 is 24.8 Å². The van der Waals surface area contributed by atoms with Gasteiger partial charge in [-0.15, -0.1) is 0 Å². The average molecular weight is 505 g/mol. The van der Waals surface area contributed by atoms with Crippen LogP contribution in [-0.4, -0.2) is 54.7 Å². The molecule has 1 saturated heterocycles. The number of carbonyl (C=O) groups excluding carboxylic acids is 2. The molecule has 198 valence electrons. The maximum absolute atomic E-state index is 12.9. The minimum Gasteiger partial charge on any atom is -0.444 e. The smallest absolute Gasteiger partial charge is 0.410 e. The zero-order valence-electron chi connectivity index (χ0n) is 22.7. The predicted molar refractivity (Wildman–Crippen MR) is 148 cm³/mol. The number of ether oxygens (including phenoxy) is 1. The molecule has 2 aliphatic heterocycles. The van der Waals surface area contributed by atoms with Gasteiger partial charge in [0.15, 0.2) is 0 Å². The van der Waals surface area contributed by atoms with Crippen molar-refractivity contribution in [2.24, 2.45) is 11.8 Å². The normalized spacial score (nSPS) is 23.9. The Balaban J connectivity index is 1.42. The zero-order valence-corrected chi connectivity index (χ0v) is 22.7. The molecule has 3 aliphatic rings. The van der Waals surface area contributed by atoms with Gasteiger partial charge in [-0.3, -0.25) is 4.79 Å². The van der Waals surface area contributed by atoms with Gasteiger partial charge in [-0.05, 0) is 69.9 Å². The third-order valence-electron chi connectivity index (χ3n) is 7.81. The summed E-state index contributed by atoms with van der Waals surface area (Å²) in [4.78, 5) is 31.7. The fourth-order valence-electron chi connectivity index (χ4n) is 5.94. The molecule has 1 saturated carbocycles. The maximum Gasteiger partial charge on any atom is 0.410 e. The first-order chi connectivity index (χ1) is 17.6. The van der Waals surface area contributed by atoms with E-state index in [2.05, 4.69) is 64.5 Å². The van der Waals surface area contributed by atoms with E-state index in [1.54, 1.807) is 11.8 Å². The molecule has 2 aromatic rings. The second-order valence-electron chi connectivity index (χ2n) is 11.8. The highest BCUT2D eigenvalue weighted by atomic mass is 16.6. The third-order valence-corrected chi connectivity index (χ3v) is 7.81. The number of para-hydroxylation sites is 1. The van der Waals surface area contributed by atoms with Crippen molar-refractivity contribution in [2.75, 3.05) is 41.3 Å². The van der Waals surface area contributed by atoms with Crippen LogP contribution in [0.2, 0.25) is 0 Å². The second-order valence-corrected chi connectivity index (χ2v) is 11.8. The van der Waals surface area contributed by atoms with Gasteiger partial charge in [0.2, 0.25) is 5.91 Å². The number of carbonyl (C=O) groups is 2. The Labute approximate surface area is 220 Å². The molecule has 37 heavy (non-hydrogen) atoms. The monoisotopic (exact) mass is 504 g/mol. The summed E-state index contributed by atoms with van der Waals surface area (Å²) in [6.07, 6.45) is 2.13. The SMILES string of the molecule is CC(=O)N1c2ccc(N3CCN(C(=O)OC(C)(C)C)CC3)cc2C(Nc2ccccc2)[C@@H](C)[C@@H]1C1CC1. The van der Waals surface area contributed by atoms with E-state index in [0.29, 0.717) is 19.0 Å². The van der Waals surface area contributed by atoms with Gasteiger partial charge in [-0.1, -0.05) is 25.1 Å². The first-order valence-corrected chi connectivity index (χ1v) is 13.6. The Kier molecular flexibility index (Phi) is 6.82. The molecule has 1 aliphatic carbocycles. The van der Waals surface area contributed by atoms with Gasteiger partial charge in [0.05, 0.1) is 6.04 Å². The van der Waals surface area contributed by atoms with E-state index in [0.717, 1.165) is 35.7 Å². The molecule has 1 unspecified atom stereocenters. The second kappa shape index (κ2) is 9.92. The van der Waals surface area contributed by atoms with Crippen LogP contribution in [-0.2, 0) is 9.53 Å². The molecule has 7 nitrogen and oxygen atoms in total. The topological polar surface area (TPSA) is 65.1 Å². The van der Waals surface area contributed by atoms with Crippen LogP contribution in [0.3, 0.4) is 0 Å². The van der Waals surface area contributed by atoms with Crippen LogP contribution in [0.1, 0.15) is 59.1 Å². The lowest BCUT2D eigenvalue weighted by atomic mass is 9.79. The minimum absolute atomic E-state index is 0.0987. The number of amides is 2. The van der Waals surface area contributed by atoms with Crippen LogP contribution < -0.4 is 15.1 Å². The van der Waals surface area contributed by atoms with Crippen molar-refractivity contribution >= 4 is 29.1 Å². The molecule has 2 amide bonds. The molecule has 0 bridgehead atoms. The van der Waals surface area contributed by atoms with E-state index in [9.17, 15) is 9.59 Å². The van der Waals surface area contributed by atoms with Crippen LogP contribution in [0, 0.1) is 11.8 Å². The summed E-state index contributed by atoms with van der Waals surface area (Å²) in [6.45, 7) is 12.4. The van der Waals surface area contributed by atoms with Crippen LogP contribution >= 0.6 is 0 Å². The van der Waals surface area contributed by atoms with Crippen LogP contribution in [0.4, 0.5) is 21.9 Å². The molecule has 1 N–H and O–H groups in total. The van der Waals surface area contributed by atoms with Gasteiger partial charge in [0.1, 0.15) is 5.60 Å². The van der Waals surface area contributed by atoms with Crippen molar-refractivity contribution in [2.45, 2.75) is 65.1 Å². The van der Waals surface area contributed by atoms with Crippen molar-refractivity contribution in [3.05, 3.63) is 54.1 Å². The molecule has 7 heteroatoms. The molecule has 0 aromatic heterocycles. The Morgan fingerprint density at radius 1 is 0.973 bits per heavy atom. The molecule has 2 heterocycles. The number of fused-ring (bicyclic) bond motifs is 1. The van der Waals surface area contributed by atoms with E-state index < -0.39 is 5.60 Å². The summed E-state index contributed by atoms with van der Waals surface area (Å²) < 4.78 is 5.57. The van der Waals surface area contributed by atoms with Crippen LogP contribution in [0.25, 0.3) is 0 Å². The van der Waals surface area contributed by atoms with E-state index >= 15 is 0 Å². The van der Waals surface area contributed by atoms with Gasteiger partial charge in [-0.2, -0.15) is 0 Å². The number of hydrogen-bond acceptors (Lipinski definition) is 5. The Morgan fingerprint density at radius 3 is 2.24 bits per heavy atom. The average Bonchev–Trinajstić information content (AvgIpc) is 3.70. The van der Waals surface area contributed by atoms with E-state index in [-0.39, 0.29) is 30.0 Å². The maximum atomic E-state index is 12.9. The van der Waals surface area contributed by atoms with E-state index in [1.807, 2.05) is 26.8 Å². The minimum atomic E-state index is -0.495. The third kappa shape index (κ3) is 5.41. The lowest BCUT2D eigenvalue weighted by Gasteiger charge is -2.46. The van der Waals surface area contributed by atoms with Crippen molar-refractivity contribution < 1.29 is 14.3 Å². The molecule has 0 spiro atoms. The summed E-state index contributed by atoms with van der Waals surface area (Å²) >= 11 is 0. The molecular weight excluding hydrogens is 464 g/mol. The Morgan fingerprint density at radius 2 is 1.65 bits per heavy atom. The van der Waals surface area contributed by atoms with E-state index in [1.165, 1.54) is 12.8 Å².